The summed E-state index contributed by atoms with van der Waals surface area (Å²) in [7, 11) is 0. The maximum Gasteiger partial charge on any atom is 0.125 e. The summed E-state index contributed by atoms with van der Waals surface area (Å²) in [5.74, 6) is 12.1. The molecule has 1 aliphatic heterocycles. The van der Waals surface area contributed by atoms with Crippen molar-refractivity contribution in [1.29, 1.82) is 0 Å². The fraction of sp³-hybridized carbons (Fsp3) is 0.0667. The van der Waals surface area contributed by atoms with Crippen molar-refractivity contribution in [1.82, 2.24) is 20.1 Å². The highest BCUT2D eigenvalue weighted by molar-refractivity contribution is 5.85. The molecule has 0 saturated heterocycles. The fourth-order valence-corrected chi connectivity index (χ4v) is 2.59. The van der Waals surface area contributed by atoms with Crippen molar-refractivity contribution in [2.75, 3.05) is 5.84 Å². The predicted molar refractivity (Wildman–Crippen MR) is 82.7 cm³/mol. The molecule has 2 aromatic rings. The molecule has 0 fully saturated rings. The Morgan fingerprint density at radius 3 is 2.62 bits per heavy atom. The number of allylic oxidation sites excluding steroid dienone is 3. The van der Waals surface area contributed by atoms with Crippen LogP contribution in [0.15, 0.2) is 55.3 Å². The van der Waals surface area contributed by atoms with Crippen molar-refractivity contribution in [3.05, 3.63) is 66.5 Å². The number of nitrogens with two attached hydrogens (primary N) is 2. The summed E-state index contributed by atoms with van der Waals surface area (Å²) < 4.78 is 0. The lowest BCUT2D eigenvalue weighted by Crippen LogP contribution is -2.31. The van der Waals surface area contributed by atoms with Crippen LogP contribution in [-0.4, -0.2) is 20.1 Å². The van der Waals surface area contributed by atoms with Crippen LogP contribution in [0.1, 0.15) is 11.3 Å². The SMILES string of the molecule is C=C/C1=C(\C=C)N(N)Cc2ccccc2-c2c1nnn2N. The number of hydrogen-bond acceptors (Lipinski definition) is 5. The first-order valence-electron chi connectivity index (χ1n) is 6.48. The Balaban J connectivity index is 2.40. The third kappa shape index (κ3) is 1.93. The second kappa shape index (κ2) is 4.92. The molecule has 0 bridgehead atoms. The van der Waals surface area contributed by atoms with E-state index in [9.17, 15) is 0 Å². The zero-order chi connectivity index (χ0) is 15.0. The lowest BCUT2D eigenvalue weighted by Gasteiger charge is -2.25. The van der Waals surface area contributed by atoms with Gasteiger partial charge in [-0.1, -0.05) is 43.5 Å². The number of aromatic nitrogens is 3. The number of rotatable bonds is 2. The Bertz CT molecular complexity index is 755. The number of nitrogens with zero attached hydrogens (tertiary/aromatic N) is 4. The molecule has 4 N–H and O–H groups in total. The van der Waals surface area contributed by atoms with Crippen molar-refractivity contribution in [2.24, 2.45) is 5.84 Å². The zero-order valence-electron chi connectivity index (χ0n) is 11.5. The molecule has 1 aliphatic rings. The van der Waals surface area contributed by atoms with E-state index in [0.717, 1.165) is 28.1 Å². The molecule has 0 aliphatic carbocycles. The maximum atomic E-state index is 6.17. The molecule has 0 atom stereocenters. The topological polar surface area (TPSA) is 86.0 Å². The third-order valence-corrected chi connectivity index (χ3v) is 3.55. The van der Waals surface area contributed by atoms with E-state index < -0.39 is 0 Å². The van der Waals surface area contributed by atoms with E-state index in [0.29, 0.717) is 12.2 Å². The summed E-state index contributed by atoms with van der Waals surface area (Å²) in [6, 6.07) is 7.90. The van der Waals surface area contributed by atoms with Crippen LogP contribution >= 0.6 is 0 Å². The van der Waals surface area contributed by atoms with Crippen LogP contribution in [0, 0.1) is 0 Å². The Morgan fingerprint density at radius 1 is 1.14 bits per heavy atom. The number of hydrazine groups is 1. The van der Waals surface area contributed by atoms with Gasteiger partial charge in [-0.25, -0.2) is 5.84 Å². The van der Waals surface area contributed by atoms with Gasteiger partial charge >= 0.3 is 0 Å². The fourth-order valence-electron chi connectivity index (χ4n) is 2.59. The zero-order valence-corrected chi connectivity index (χ0v) is 11.5. The van der Waals surface area contributed by atoms with Gasteiger partial charge in [0, 0.05) is 11.1 Å². The van der Waals surface area contributed by atoms with Crippen molar-refractivity contribution < 1.29 is 0 Å². The van der Waals surface area contributed by atoms with Crippen molar-refractivity contribution in [3.63, 3.8) is 0 Å². The van der Waals surface area contributed by atoms with Gasteiger partial charge < -0.3 is 10.9 Å². The smallest absolute Gasteiger partial charge is 0.125 e. The Morgan fingerprint density at radius 2 is 1.90 bits per heavy atom. The Kier molecular flexibility index (Phi) is 3.08. The molecule has 0 radical (unpaired) electrons. The van der Waals surface area contributed by atoms with Gasteiger partial charge in [-0.15, -0.1) is 5.10 Å². The normalized spacial score (nSPS) is 17.5. The van der Waals surface area contributed by atoms with E-state index in [1.165, 1.54) is 4.79 Å². The molecule has 6 heteroatoms. The summed E-state index contributed by atoms with van der Waals surface area (Å²) in [6.45, 7) is 8.20. The molecule has 0 saturated carbocycles. The van der Waals surface area contributed by atoms with Crippen LogP contribution in [0.5, 0.6) is 0 Å². The van der Waals surface area contributed by atoms with Gasteiger partial charge in [0.15, 0.2) is 0 Å². The highest BCUT2D eigenvalue weighted by atomic mass is 15.6. The molecule has 6 nitrogen and oxygen atoms in total. The standard InChI is InChI=1S/C15H16N6/c1-3-11-13(4-2)20(16)9-10-7-5-6-8-12(10)15-14(11)18-19-21(15)17/h3-8H,1-2,9,16-17H2/b13-11-. The summed E-state index contributed by atoms with van der Waals surface area (Å²) in [5.41, 5.74) is 4.88. The maximum absolute atomic E-state index is 6.17. The van der Waals surface area contributed by atoms with Crippen LogP contribution in [0.2, 0.25) is 0 Å². The number of benzene rings is 1. The van der Waals surface area contributed by atoms with Crippen LogP contribution < -0.4 is 11.7 Å². The highest BCUT2D eigenvalue weighted by Gasteiger charge is 2.24. The van der Waals surface area contributed by atoms with E-state index in [1.54, 1.807) is 17.2 Å². The van der Waals surface area contributed by atoms with Crippen molar-refractivity contribution in [3.8, 4) is 11.3 Å². The summed E-state index contributed by atoms with van der Waals surface area (Å²) in [4.78, 5) is 1.28. The van der Waals surface area contributed by atoms with Gasteiger partial charge in [-0.3, -0.25) is 0 Å². The van der Waals surface area contributed by atoms with E-state index >= 15 is 0 Å². The van der Waals surface area contributed by atoms with E-state index in [1.807, 2.05) is 24.3 Å². The number of hydrogen-bond donors (Lipinski definition) is 2. The molecule has 1 aromatic carbocycles. The molecule has 0 unspecified atom stereocenters. The van der Waals surface area contributed by atoms with Gasteiger partial charge in [0.1, 0.15) is 11.4 Å². The lowest BCUT2D eigenvalue weighted by atomic mass is 9.96. The average Bonchev–Trinajstić information content (AvgIpc) is 2.84. The average molecular weight is 280 g/mol. The predicted octanol–water partition coefficient (Wildman–Crippen LogP) is 1.43. The first kappa shape index (κ1) is 13.1. The third-order valence-electron chi connectivity index (χ3n) is 3.55. The lowest BCUT2D eigenvalue weighted by molar-refractivity contribution is 0.365. The molecule has 1 aromatic heterocycles. The second-order valence-corrected chi connectivity index (χ2v) is 4.72. The Labute approximate surface area is 122 Å². The van der Waals surface area contributed by atoms with Gasteiger partial charge in [0.05, 0.1) is 12.2 Å². The quantitative estimate of drug-likeness (QED) is 0.813. The highest BCUT2D eigenvalue weighted by Crippen LogP contribution is 2.34. The first-order valence-corrected chi connectivity index (χ1v) is 6.48. The van der Waals surface area contributed by atoms with Gasteiger partial charge in [-0.2, -0.15) is 4.79 Å². The summed E-state index contributed by atoms with van der Waals surface area (Å²) >= 11 is 0. The second-order valence-electron chi connectivity index (χ2n) is 4.72. The minimum Gasteiger partial charge on any atom is -0.321 e. The van der Waals surface area contributed by atoms with E-state index in [-0.39, 0.29) is 0 Å². The molecule has 0 amide bonds. The van der Waals surface area contributed by atoms with Crippen LogP contribution in [-0.2, 0) is 6.54 Å². The minimum atomic E-state index is 0.527. The molecule has 3 rings (SSSR count). The molecule has 106 valence electrons. The van der Waals surface area contributed by atoms with Crippen LogP contribution in [0.25, 0.3) is 16.8 Å². The van der Waals surface area contributed by atoms with Gasteiger partial charge in [-0.05, 0) is 16.9 Å². The monoisotopic (exact) mass is 280 g/mol. The van der Waals surface area contributed by atoms with E-state index in [4.69, 9.17) is 11.7 Å². The largest absolute Gasteiger partial charge is 0.321 e. The number of nitrogen functional groups attached to an aromatic ring is 1. The first-order chi connectivity index (χ1) is 10.2. The molecule has 0 spiro atoms. The van der Waals surface area contributed by atoms with Gasteiger partial charge in [0.2, 0.25) is 0 Å². The summed E-state index contributed by atoms with van der Waals surface area (Å²) in [6.07, 6.45) is 3.38. The van der Waals surface area contributed by atoms with Crippen LogP contribution in [0.4, 0.5) is 0 Å². The molecule has 21 heavy (non-hydrogen) atoms. The molecule has 2 heterocycles. The van der Waals surface area contributed by atoms with Crippen molar-refractivity contribution >= 4 is 5.57 Å². The Hall–Kier alpha value is -2.86. The van der Waals surface area contributed by atoms with E-state index in [2.05, 4.69) is 23.5 Å². The summed E-state index contributed by atoms with van der Waals surface area (Å²) in [5, 5.41) is 9.74. The van der Waals surface area contributed by atoms with Crippen molar-refractivity contribution in [2.45, 2.75) is 6.54 Å². The van der Waals surface area contributed by atoms with Gasteiger partial charge in [0.25, 0.3) is 0 Å². The minimum absolute atomic E-state index is 0.527. The molecular formula is C15H16N6. The number of fused-ring (bicyclic) bond motifs is 3. The molecular weight excluding hydrogens is 264 g/mol. The van der Waals surface area contributed by atoms with Crippen LogP contribution in [0.3, 0.4) is 0 Å².